The van der Waals surface area contributed by atoms with Crippen LogP contribution < -0.4 is 5.32 Å². The van der Waals surface area contributed by atoms with Gasteiger partial charge in [0.2, 0.25) is 0 Å². The van der Waals surface area contributed by atoms with Gasteiger partial charge in [0.15, 0.2) is 0 Å². The van der Waals surface area contributed by atoms with Crippen LogP contribution in [0.3, 0.4) is 0 Å². The van der Waals surface area contributed by atoms with Gasteiger partial charge in [0.25, 0.3) is 0 Å². The maximum absolute atomic E-state index is 14.1. The number of rotatable bonds is 1. The zero-order valence-electron chi connectivity index (χ0n) is 11.8. The van der Waals surface area contributed by atoms with Crippen molar-refractivity contribution >= 4 is 15.9 Å². The minimum atomic E-state index is -0.188. The molecule has 1 aliphatic heterocycles. The van der Waals surface area contributed by atoms with Gasteiger partial charge < -0.3 is 10.1 Å². The highest BCUT2D eigenvalue weighted by atomic mass is 79.9. The van der Waals surface area contributed by atoms with Gasteiger partial charge in [-0.05, 0) is 30.9 Å². The van der Waals surface area contributed by atoms with E-state index in [9.17, 15) is 4.39 Å². The summed E-state index contributed by atoms with van der Waals surface area (Å²) in [6.07, 6.45) is 4.47. The Balaban J connectivity index is 1.81. The summed E-state index contributed by atoms with van der Waals surface area (Å²) in [6, 6.07) is 5.23. The van der Waals surface area contributed by atoms with E-state index >= 15 is 0 Å². The second kappa shape index (κ2) is 5.74. The number of hydrogen-bond acceptors (Lipinski definition) is 2. The highest BCUT2D eigenvalue weighted by Crippen LogP contribution is 2.40. The van der Waals surface area contributed by atoms with Crippen molar-refractivity contribution in [1.82, 2.24) is 5.32 Å². The van der Waals surface area contributed by atoms with Crippen molar-refractivity contribution in [3.63, 3.8) is 0 Å². The number of halogens is 2. The van der Waals surface area contributed by atoms with Gasteiger partial charge in [-0.3, -0.25) is 0 Å². The number of nitrogens with one attached hydrogen (secondary N) is 1. The molecule has 3 unspecified atom stereocenters. The molecule has 0 bridgehead atoms. The first-order valence-corrected chi connectivity index (χ1v) is 8.21. The van der Waals surface area contributed by atoms with E-state index in [2.05, 4.69) is 28.2 Å². The molecular weight excluding hydrogens is 321 g/mol. The number of morpholine rings is 1. The molecule has 1 aromatic carbocycles. The molecule has 20 heavy (non-hydrogen) atoms. The van der Waals surface area contributed by atoms with Crippen LogP contribution in [0.15, 0.2) is 22.7 Å². The van der Waals surface area contributed by atoms with Crippen LogP contribution in [0.2, 0.25) is 0 Å². The lowest BCUT2D eigenvalue weighted by atomic mass is 9.77. The Labute approximate surface area is 128 Å². The Morgan fingerprint density at radius 1 is 1.45 bits per heavy atom. The molecule has 3 rings (SSSR count). The molecule has 1 aliphatic carbocycles. The number of ether oxygens (including phenoxy) is 1. The second-order valence-electron chi connectivity index (χ2n) is 6.29. The third kappa shape index (κ3) is 2.92. The molecule has 2 fully saturated rings. The number of hydrogen-bond donors (Lipinski definition) is 1. The van der Waals surface area contributed by atoms with E-state index in [0.29, 0.717) is 18.0 Å². The third-order valence-corrected chi connectivity index (χ3v) is 5.02. The van der Waals surface area contributed by atoms with E-state index in [1.807, 2.05) is 12.1 Å². The van der Waals surface area contributed by atoms with Crippen LogP contribution in [0.4, 0.5) is 4.39 Å². The van der Waals surface area contributed by atoms with Crippen LogP contribution in [0, 0.1) is 11.7 Å². The number of benzene rings is 1. The fraction of sp³-hybridized carbons (Fsp3) is 0.625. The average Bonchev–Trinajstić information content (AvgIpc) is 2.38. The maximum atomic E-state index is 14.1. The van der Waals surface area contributed by atoms with Gasteiger partial charge in [-0.2, -0.15) is 0 Å². The Morgan fingerprint density at radius 2 is 2.30 bits per heavy atom. The minimum absolute atomic E-state index is 0.0971. The van der Waals surface area contributed by atoms with E-state index in [1.165, 1.54) is 18.9 Å². The molecular formula is C16H21BrFNO. The molecule has 3 atom stereocenters. The van der Waals surface area contributed by atoms with Crippen molar-refractivity contribution in [2.24, 2.45) is 5.92 Å². The van der Waals surface area contributed by atoms with E-state index in [-0.39, 0.29) is 17.5 Å². The zero-order chi connectivity index (χ0) is 14.2. The van der Waals surface area contributed by atoms with Crippen LogP contribution in [-0.2, 0) is 4.74 Å². The lowest BCUT2D eigenvalue weighted by molar-refractivity contribution is -0.144. The molecule has 110 valence electrons. The van der Waals surface area contributed by atoms with Gasteiger partial charge in [0, 0.05) is 23.1 Å². The van der Waals surface area contributed by atoms with Crippen molar-refractivity contribution in [2.45, 2.75) is 44.3 Å². The lowest BCUT2D eigenvalue weighted by Gasteiger charge is -2.46. The van der Waals surface area contributed by atoms with Crippen molar-refractivity contribution in [1.29, 1.82) is 0 Å². The summed E-state index contributed by atoms with van der Waals surface area (Å²) in [4.78, 5) is 0. The fourth-order valence-corrected chi connectivity index (χ4v) is 3.96. The molecule has 1 saturated heterocycles. The molecule has 4 heteroatoms. The molecule has 1 spiro atoms. The summed E-state index contributed by atoms with van der Waals surface area (Å²) in [5.41, 5.74) is 0.568. The lowest BCUT2D eigenvalue weighted by Crippen LogP contribution is -2.53. The van der Waals surface area contributed by atoms with Crippen LogP contribution in [0.25, 0.3) is 0 Å². The first kappa shape index (κ1) is 14.5. The summed E-state index contributed by atoms with van der Waals surface area (Å²) < 4.78 is 21.3. The fourth-order valence-electron chi connectivity index (χ4n) is 3.63. The normalized spacial score (nSPS) is 34.4. The molecule has 2 aliphatic rings. The topological polar surface area (TPSA) is 21.3 Å². The van der Waals surface area contributed by atoms with Gasteiger partial charge in [0.1, 0.15) is 5.82 Å². The predicted molar refractivity (Wildman–Crippen MR) is 81.2 cm³/mol. The summed E-state index contributed by atoms with van der Waals surface area (Å²) in [6.45, 7) is 3.87. The van der Waals surface area contributed by atoms with Crippen molar-refractivity contribution in [3.05, 3.63) is 34.1 Å². The van der Waals surface area contributed by atoms with Crippen molar-refractivity contribution < 1.29 is 9.13 Å². The molecule has 0 aromatic heterocycles. The monoisotopic (exact) mass is 341 g/mol. The Bertz CT molecular complexity index is 491. The summed E-state index contributed by atoms with van der Waals surface area (Å²) in [5.74, 6) is 0.506. The van der Waals surface area contributed by atoms with Crippen LogP contribution in [0.5, 0.6) is 0 Å². The minimum Gasteiger partial charge on any atom is -0.364 e. The Kier molecular flexibility index (Phi) is 4.16. The van der Waals surface area contributed by atoms with Gasteiger partial charge in [-0.15, -0.1) is 0 Å². The van der Waals surface area contributed by atoms with Crippen molar-refractivity contribution in [2.75, 3.05) is 13.1 Å². The van der Waals surface area contributed by atoms with E-state index < -0.39 is 0 Å². The third-order valence-electron chi connectivity index (χ3n) is 4.53. The van der Waals surface area contributed by atoms with Gasteiger partial charge in [-0.25, -0.2) is 4.39 Å². The van der Waals surface area contributed by atoms with Gasteiger partial charge in [-0.1, -0.05) is 41.8 Å². The quantitative estimate of drug-likeness (QED) is 0.826. The summed E-state index contributed by atoms with van der Waals surface area (Å²) in [7, 11) is 0. The average molecular weight is 342 g/mol. The van der Waals surface area contributed by atoms with Crippen molar-refractivity contribution in [3.8, 4) is 0 Å². The molecule has 2 nitrogen and oxygen atoms in total. The molecule has 1 heterocycles. The van der Waals surface area contributed by atoms with Crippen LogP contribution in [-0.4, -0.2) is 18.7 Å². The molecule has 1 N–H and O–H groups in total. The Hall–Kier alpha value is -0.450. The Morgan fingerprint density at radius 3 is 3.05 bits per heavy atom. The molecule has 1 aromatic rings. The largest absolute Gasteiger partial charge is 0.364 e. The first-order valence-electron chi connectivity index (χ1n) is 7.41. The standard InChI is InChI=1S/C16H21BrFNO/c1-11-3-2-6-16(8-11)10-19-9-15(20-16)13-5-4-12(17)7-14(13)18/h4-5,7,11,15,19H,2-3,6,8-10H2,1H3. The van der Waals surface area contributed by atoms with Crippen LogP contribution in [0.1, 0.15) is 44.3 Å². The molecule has 0 amide bonds. The SMILES string of the molecule is CC1CCCC2(CNCC(c3ccc(Br)cc3F)O2)C1. The zero-order valence-corrected chi connectivity index (χ0v) is 13.4. The predicted octanol–water partition coefficient (Wildman–Crippen LogP) is 4.20. The highest BCUT2D eigenvalue weighted by Gasteiger charge is 2.41. The first-order chi connectivity index (χ1) is 9.58. The van der Waals surface area contributed by atoms with E-state index in [1.54, 1.807) is 0 Å². The molecule has 1 saturated carbocycles. The maximum Gasteiger partial charge on any atom is 0.130 e. The van der Waals surface area contributed by atoms with Gasteiger partial charge in [0.05, 0.1) is 11.7 Å². The highest BCUT2D eigenvalue weighted by molar-refractivity contribution is 9.10. The van der Waals surface area contributed by atoms with Crippen LogP contribution >= 0.6 is 15.9 Å². The van der Waals surface area contributed by atoms with E-state index in [0.717, 1.165) is 23.9 Å². The second-order valence-corrected chi connectivity index (χ2v) is 7.20. The smallest absolute Gasteiger partial charge is 0.130 e. The molecule has 0 radical (unpaired) electrons. The summed E-state index contributed by atoms with van der Waals surface area (Å²) >= 11 is 3.30. The van der Waals surface area contributed by atoms with E-state index in [4.69, 9.17) is 4.74 Å². The van der Waals surface area contributed by atoms with Gasteiger partial charge >= 0.3 is 0 Å². The summed E-state index contributed by atoms with van der Waals surface area (Å²) in [5, 5.41) is 3.45.